The van der Waals surface area contributed by atoms with Gasteiger partial charge in [0.2, 0.25) is 0 Å². The van der Waals surface area contributed by atoms with Crippen molar-refractivity contribution in [1.29, 1.82) is 0 Å². The molecule has 0 aliphatic carbocycles. The first-order valence-electron chi connectivity index (χ1n) is 9.54. The molecule has 1 amide bonds. The molecule has 1 saturated heterocycles. The van der Waals surface area contributed by atoms with Crippen molar-refractivity contribution in [3.05, 3.63) is 72.2 Å². The number of H-pyrrole nitrogens is 1. The second-order valence-electron chi connectivity index (χ2n) is 7.17. The van der Waals surface area contributed by atoms with Crippen LogP contribution < -0.4 is 0 Å². The van der Waals surface area contributed by atoms with Gasteiger partial charge >= 0.3 is 0 Å². The van der Waals surface area contributed by atoms with E-state index in [4.69, 9.17) is 9.51 Å². The van der Waals surface area contributed by atoms with Crippen LogP contribution in [0.4, 0.5) is 0 Å². The molecule has 6 heteroatoms. The van der Waals surface area contributed by atoms with Crippen molar-refractivity contribution in [3.63, 3.8) is 0 Å². The number of carbonyl (C=O) groups excluding carboxylic acids is 1. The first-order chi connectivity index (χ1) is 13.8. The van der Waals surface area contributed by atoms with Gasteiger partial charge in [-0.2, -0.15) is 0 Å². The maximum Gasteiger partial charge on any atom is 0.276 e. The van der Waals surface area contributed by atoms with Gasteiger partial charge in [0.1, 0.15) is 5.82 Å². The Morgan fingerprint density at radius 3 is 2.79 bits per heavy atom. The summed E-state index contributed by atoms with van der Waals surface area (Å²) in [6.07, 6.45) is 1.95. The maximum absolute atomic E-state index is 13.0. The van der Waals surface area contributed by atoms with Crippen molar-refractivity contribution in [3.8, 4) is 11.3 Å². The molecule has 6 nitrogen and oxygen atoms in total. The molecule has 1 N–H and O–H groups in total. The fourth-order valence-corrected chi connectivity index (χ4v) is 3.83. The lowest BCUT2D eigenvalue weighted by Crippen LogP contribution is -2.39. The molecule has 2 aromatic heterocycles. The minimum absolute atomic E-state index is 0.0910. The standard InChI is InChI=1S/C22H20N4O2/c27-22(19-13-20(28-25-19)15-7-2-1-3-8-15)26-12-6-9-16(14-26)21-23-17-10-4-5-11-18(17)24-21/h1-5,7-8,10-11,13,16H,6,9,12,14H2,(H,23,24). The number of nitrogens with one attached hydrogen (secondary N) is 1. The van der Waals surface area contributed by atoms with Crippen LogP contribution in [0.5, 0.6) is 0 Å². The minimum Gasteiger partial charge on any atom is -0.355 e. The third kappa shape index (κ3) is 3.07. The number of rotatable bonds is 3. The molecule has 4 aromatic rings. The van der Waals surface area contributed by atoms with Gasteiger partial charge in [-0.3, -0.25) is 4.79 Å². The van der Waals surface area contributed by atoms with E-state index in [-0.39, 0.29) is 11.8 Å². The lowest BCUT2D eigenvalue weighted by Gasteiger charge is -2.31. The summed E-state index contributed by atoms with van der Waals surface area (Å²) in [7, 11) is 0. The molecule has 1 unspecified atom stereocenters. The molecule has 5 rings (SSSR count). The molecule has 0 saturated carbocycles. The van der Waals surface area contributed by atoms with Crippen LogP contribution in [0.15, 0.2) is 65.2 Å². The number of hydrogen-bond donors (Lipinski definition) is 1. The number of nitrogens with zero attached hydrogens (tertiary/aromatic N) is 3. The predicted molar refractivity (Wildman–Crippen MR) is 106 cm³/mol. The van der Waals surface area contributed by atoms with Crippen molar-refractivity contribution in [2.45, 2.75) is 18.8 Å². The Hall–Kier alpha value is -3.41. The normalized spacial score (nSPS) is 17.1. The highest BCUT2D eigenvalue weighted by atomic mass is 16.5. The Labute approximate surface area is 162 Å². The van der Waals surface area contributed by atoms with Crippen LogP contribution in [0, 0.1) is 0 Å². The summed E-state index contributed by atoms with van der Waals surface area (Å²) in [4.78, 5) is 22.9. The Morgan fingerprint density at radius 1 is 1.11 bits per heavy atom. The molecule has 1 aliphatic heterocycles. The molecule has 1 atom stereocenters. The van der Waals surface area contributed by atoms with E-state index in [1.807, 2.05) is 59.5 Å². The molecular formula is C22H20N4O2. The Kier molecular flexibility index (Phi) is 4.16. The average molecular weight is 372 g/mol. The number of para-hydroxylation sites is 2. The molecule has 1 fully saturated rings. The molecule has 28 heavy (non-hydrogen) atoms. The summed E-state index contributed by atoms with van der Waals surface area (Å²) in [6, 6.07) is 19.4. The molecule has 0 spiro atoms. The quantitative estimate of drug-likeness (QED) is 0.584. The zero-order valence-electron chi connectivity index (χ0n) is 15.3. The van der Waals surface area contributed by atoms with Crippen molar-refractivity contribution in [2.24, 2.45) is 0 Å². The van der Waals surface area contributed by atoms with Crippen molar-refractivity contribution in [2.75, 3.05) is 13.1 Å². The summed E-state index contributed by atoms with van der Waals surface area (Å²) in [5, 5.41) is 4.01. The van der Waals surface area contributed by atoms with Crippen LogP contribution >= 0.6 is 0 Å². The first-order valence-corrected chi connectivity index (χ1v) is 9.54. The number of hydrogen-bond acceptors (Lipinski definition) is 4. The molecule has 0 bridgehead atoms. The second-order valence-corrected chi connectivity index (χ2v) is 7.17. The van der Waals surface area contributed by atoms with Gasteiger partial charge in [-0.25, -0.2) is 4.98 Å². The molecule has 2 aromatic carbocycles. The first kappa shape index (κ1) is 16.7. The van der Waals surface area contributed by atoms with Crippen LogP contribution in [0.2, 0.25) is 0 Å². The highest BCUT2D eigenvalue weighted by Crippen LogP contribution is 2.28. The monoisotopic (exact) mass is 372 g/mol. The van der Waals surface area contributed by atoms with E-state index in [2.05, 4.69) is 10.1 Å². The van der Waals surface area contributed by atoms with Crippen molar-refractivity contribution >= 4 is 16.9 Å². The third-order valence-electron chi connectivity index (χ3n) is 5.29. The number of carbonyl (C=O) groups is 1. The third-order valence-corrected chi connectivity index (χ3v) is 5.29. The summed E-state index contributed by atoms with van der Waals surface area (Å²) >= 11 is 0. The lowest BCUT2D eigenvalue weighted by molar-refractivity contribution is 0.0694. The average Bonchev–Trinajstić information content (AvgIpc) is 3.41. The summed E-state index contributed by atoms with van der Waals surface area (Å²) in [5.41, 5.74) is 3.26. The number of aromatic nitrogens is 3. The van der Waals surface area contributed by atoms with Crippen LogP contribution in [0.25, 0.3) is 22.4 Å². The van der Waals surface area contributed by atoms with Gasteiger partial charge < -0.3 is 14.4 Å². The number of imidazole rings is 1. The zero-order chi connectivity index (χ0) is 18.9. The minimum atomic E-state index is -0.0910. The van der Waals surface area contributed by atoms with Crippen molar-refractivity contribution in [1.82, 2.24) is 20.0 Å². The van der Waals surface area contributed by atoms with E-state index >= 15 is 0 Å². The van der Waals surface area contributed by atoms with Gasteiger partial charge in [0.15, 0.2) is 11.5 Å². The predicted octanol–water partition coefficient (Wildman–Crippen LogP) is 4.24. The van der Waals surface area contributed by atoms with E-state index in [9.17, 15) is 4.79 Å². The summed E-state index contributed by atoms with van der Waals surface area (Å²) in [5.74, 6) is 1.66. The topological polar surface area (TPSA) is 75.0 Å². The van der Waals surface area contributed by atoms with Crippen LogP contribution in [0.3, 0.4) is 0 Å². The molecule has 140 valence electrons. The highest BCUT2D eigenvalue weighted by Gasteiger charge is 2.29. The number of likely N-dealkylation sites (tertiary alicyclic amines) is 1. The van der Waals surface area contributed by atoms with Gasteiger partial charge in [0.05, 0.1) is 11.0 Å². The molecule has 3 heterocycles. The largest absolute Gasteiger partial charge is 0.355 e. The maximum atomic E-state index is 13.0. The van der Waals surface area contributed by atoms with E-state index in [1.165, 1.54) is 0 Å². The number of fused-ring (bicyclic) bond motifs is 1. The van der Waals surface area contributed by atoms with E-state index in [1.54, 1.807) is 6.07 Å². The Balaban J connectivity index is 1.35. The Morgan fingerprint density at radius 2 is 1.93 bits per heavy atom. The number of benzene rings is 2. The fourth-order valence-electron chi connectivity index (χ4n) is 3.83. The van der Waals surface area contributed by atoms with Gasteiger partial charge in [-0.1, -0.05) is 47.6 Å². The van der Waals surface area contributed by atoms with Gasteiger partial charge in [-0.15, -0.1) is 0 Å². The molecular weight excluding hydrogens is 352 g/mol. The fraction of sp³-hybridized carbons (Fsp3) is 0.227. The second kappa shape index (κ2) is 6.96. The van der Waals surface area contributed by atoms with Gasteiger partial charge in [0.25, 0.3) is 5.91 Å². The summed E-state index contributed by atoms with van der Waals surface area (Å²) in [6.45, 7) is 1.36. The smallest absolute Gasteiger partial charge is 0.276 e. The zero-order valence-corrected chi connectivity index (χ0v) is 15.3. The molecule has 1 aliphatic rings. The van der Waals surface area contributed by atoms with E-state index < -0.39 is 0 Å². The number of piperidine rings is 1. The van der Waals surface area contributed by atoms with Gasteiger partial charge in [0, 0.05) is 30.6 Å². The van der Waals surface area contributed by atoms with Crippen LogP contribution in [0.1, 0.15) is 35.1 Å². The van der Waals surface area contributed by atoms with Crippen LogP contribution in [-0.2, 0) is 0 Å². The lowest BCUT2D eigenvalue weighted by atomic mass is 9.97. The van der Waals surface area contributed by atoms with E-state index in [0.29, 0.717) is 18.0 Å². The number of aromatic amines is 1. The number of amides is 1. The summed E-state index contributed by atoms with van der Waals surface area (Å²) < 4.78 is 5.40. The SMILES string of the molecule is O=C(c1cc(-c2ccccc2)on1)N1CCCC(c2nc3ccccc3[nH]2)C1. The van der Waals surface area contributed by atoms with E-state index in [0.717, 1.165) is 41.8 Å². The van der Waals surface area contributed by atoms with Crippen LogP contribution in [-0.4, -0.2) is 39.0 Å². The highest BCUT2D eigenvalue weighted by molar-refractivity contribution is 5.93. The Bertz CT molecular complexity index is 1080. The molecule has 0 radical (unpaired) electrons. The van der Waals surface area contributed by atoms with Gasteiger partial charge in [-0.05, 0) is 25.0 Å². The van der Waals surface area contributed by atoms with Crippen molar-refractivity contribution < 1.29 is 9.32 Å².